The number of anilines is 1. The number of nitrogens with one attached hydrogen (secondary N) is 1. The number of carbonyl (C=O) groups is 1. The van der Waals surface area contributed by atoms with Crippen LogP contribution in [0, 0.1) is 6.92 Å². The van der Waals surface area contributed by atoms with E-state index in [0.717, 1.165) is 30.0 Å². The van der Waals surface area contributed by atoms with Crippen LogP contribution in [0.5, 0.6) is 0 Å². The lowest BCUT2D eigenvalue weighted by Gasteiger charge is -2.17. The summed E-state index contributed by atoms with van der Waals surface area (Å²) in [5, 5.41) is 7.97. The fourth-order valence-corrected chi connectivity index (χ4v) is 3.76. The van der Waals surface area contributed by atoms with Crippen LogP contribution in [0.15, 0.2) is 54.7 Å². The molecule has 4 rings (SSSR count). The predicted molar refractivity (Wildman–Crippen MR) is 112 cm³/mol. The van der Waals surface area contributed by atoms with Crippen LogP contribution in [0.3, 0.4) is 0 Å². The first-order chi connectivity index (χ1) is 13.6. The molecule has 3 aromatic rings. The summed E-state index contributed by atoms with van der Waals surface area (Å²) in [4.78, 5) is 15.0. The maximum Gasteiger partial charge on any atom is 0.255 e. The van der Waals surface area contributed by atoms with E-state index in [1.54, 1.807) is 10.9 Å². The zero-order valence-corrected chi connectivity index (χ0v) is 16.6. The molecule has 1 aliphatic heterocycles. The Morgan fingerprint density at radius 1 is 1.11 bits per heavy atom. The van der Waals surface area contributed by atoms with Gasteiger partial charge in [0, 0.05) is 30.3 Å². The minimum atomic E-state index is -0.130. The maximum atomic E-state index is 12.6. The summed E-state index contributed by atoms with van der Waals surface area (Å²) < 4.78 is 1.73. The molecule has 1 aliphatic rings. The monoisotopic (exact) mass is 394 g/mol. The number of hydrogen-bond acceptors (Lipinski definition) is 3. The van der Waals surface area contributed by atoms with E-state index in [0.29, 0.717) is 17.1 Å². The number of carbonyl (C=O) groups excluding carboxylic acids is 1. The minimum Gasteiger partial charge on any atom is -0.372 e. The van der Waals surface area contributed by atoms with Gasteiger partial charge in [0.15, 0.2) is 0 Å². The predicted octanol–water partition coefficient (Wildman–Crippen LogP) is 4.36. The first-order valence-corrected chi connectivity index (χ1v) is 9.92. The fraction of sp³-hybridized carbons (Fsp3) is 0.273. The Balaban J connectivity index is 1.41. The van der Waals surface area contributed by atoms with Gasteiger partial charge in [-0.25, -0.2) is 4.68 Å². The summed E-state index contributed by atoms with van der Waals surface area (Å²) in [5.41, 5.74) is 4.52. The van der Waals surface area contributed by atoms with Crippen LogP contribution < -0.4 is 10.2 Å². The molecule has 6 heteroatoms. The van der Waals surface area contributed by atoms with Crippen molar-refractivity contribution in [3.8, 4) is 5.69 Å². The lowest BCUT2D eigenvalue weighted by Crippen LogP contribution is -2.23. The molecule has 2 aromatic carbocycles. The van der Waals surface area contributed by atoms with E-state index < -0.39 is 0 Å². The van der Waals surface area contributed by atoms with Crippen LogP contribution >= 0.6 is 11.6 Å². The summed E-state index contributed by atoms with van der Waals surface area (Å²) in [6.07, 6.45) is 4.13. The van der Waals surface area contributed by atoms with Crippen LogP contribution in [-0.2, 0) is 6.54 Å². The highest BCUT2D eigenvalue weighted by Gasteiger charge is 2.15. The molecule has 0 atom stereocenters. The molecule has 0 spiro atoms. The van der Waals surface area contributed by atoms with Crippen LogP contribution in [0.4, 0.5) is 5.69 Å². The van der Waals surface area contributed by atoms with E-state index in [4.69, 9.17) is 11.6 Å². The zero-order valence-electron chi connectivity index (χ0n) is 15.9. The number of hydrogen-bond donors (Lipinski definition) is 1. The molecule has 1 N–H and O–H groups in total. The fourth-order valence-electron chi connectivity index (χ4n) is 3.58. The van der Waals surface area contributed by atoms with Crippen molar-refractivity contribution in [1.29, 1.82) is 0 Å². The van der Waals surface area contributed by atoms with Crippen molar-refractivity contribution in [3.05, 3.63) is 76.6 Å². The van der Waals surface area contributed by atoms with Crippen molar-refractivity contribution in [1.82, 2.24) is 15.1 Å². The summed E-state index contributed by atoms with van der Waals surface area (Å²) >= 11 is 6.06. The molecule has 1 saturated heterocycles. The van der Waals surface area contributed by atoms with Gasteiger partial charge in [0.25, 0.3) is 5.91 Å². The number of amides is 1. The molecule has 1 aromatic heterocycles. The average Bonchev–Trinajstić information content (AvgIpc) is 3.36. The Morgan fingerprint density at radius 2 is 1.86 bits per heavy atom. The molecule has 1 amide bonds. The van der Waals surface area contributed by atoms with E-state index in [1.165, 1.54) is 18.5 Å². The molecular weight excluding hydrogens is 372 g/mol. The van der Waals surface area contributed by atoms with E-state index in [2.05, 4.69) is 39.6 Å². The number of halogens is 1. The Bertz CT molecular complexity index is 974. The standard InChI is InChI=1S/C22H23ClN4O/c1-16-21(15-25-27(16)20-6-4-5-18(23)13-20)22(28)24-14-17-7-9-19(10-8-17)26-11-2-3-12-26/h4-10,13,15H,2-3,11-12,14H2,1H3,(H,24,28). The second kappa shape index (κ2) is 8.07. The molecule has 2 heterocycles. The maximum absolute atomic E-state index is 12.6. The first kappa shape index (κ1) is 18.6. The van der Waals surface area contributed by atoms with E-state index in [1.807, 2.05) is 31.2 Å². The van der Waals surface area contributed by atoms with Crippen molar-refractivity contribution >= 4 is 23.2 Å². The average molecular weight is 395 g/mol. The quantitative estimate of drug-likeness (QED) is 0.699. The number of aromatic nitrogens is 2. The first-order valence-electron chi connectivity index (χ1n) is 9.54. The Morgan fingerprint density at radius 3 is 2.57 bits per heavy atom. The van der Waals surface area contributed by atoms with Gasteiger partial charge in [-0.05, 0) is 55.7 Å². The molecular formula is C22H23ClN4O. The van der Waals surface area contributed by atoms with Crippen LogP contribution in [0.1, 0.15) is 34.5 Å². The molecule has 1 fully saturated rings. The molecule has 0 unspecified atom stereocenters. The summed E-state index contributed by atoms with van der Waals surface area (Å²) in [5.74, 6) is -0.130. The summed E-state index contributed by atoms with van der Waals surface area (Å²) in [6, 6.07) is 15.8. The van der Waals surface area contributed by atoms with Gasteiger partial charge in [-0.15, -0.1) is 0 Å². The number of benzene rings is 2. The van der Waals surface area contributed by atoms with Crippen molar-refractivity contribution in [2.45, 2.75) is 26.3 Å². The van der Waals surface area contributed by atoms with Crippen molar-refractivity contribution in [3.63, 3.8) is 0 Å². The molecule has 28 heavy (non-hydrogen) atoms. The molecule has 0 saturated carbocycles. The van der Waals surface area contributed by atoms with Crippen molar-refractivity contribution < 1.29 is 4.79 Å². The van der Waals surface area contributed by atoms with Crippen molar-refractivity contribution in [2.75, 3.05) is 18.0 Å². The van der Waals surface area contributed by atoms with Gasteiger partial charge in [0.1, 0.15) is 0 Å². The number of nitrogens with zero attached hydrogens (tertiary/aromatic N) is 3. The summed E-state index contributed by atoms with van der Waals surface area (Å²) in [7, 11) is 0. The van der Waals surface area contributed by atoms with Gasteiger partial charge in [-0.1, -0.05) is 29.8 Å². The second-order valence-electron chi connectivity index (χ2n) is 7.08. The van der Waals surface area contributed by atoms with Gasteiger partial charge in [-0.3, -0.25) is 4.79 Å². The van der Waals surface area contributed by atoms with Crippen LogP contribution in [0.2, 0.25) is 5.02 Å². The molecule has 0 aliphatic carbocycles. The molecule has 0 bridgehead atoms. The minimum absolute atomic E-state index is 0.130. The Hall–Kier alpha value is -2.79. The Labute approximate surface area is 169 Å². The normalized spacial score (nSPS) is 13.7. The lowest BCUT2D eigenvalue weighted by atomic mass is 10.2. The highest BCUT2D eigenvalue weighted by Crippen LogP contribution is 2.21. The molecule has 5 nitrogen and oxygen atoms in total. The van der Waals surface area contributed by atoms with Crippen molar-refractivity contribution in [2.24, 2.45) is 0 Å². The highest BCUT2D eigenvalue weighted by molar-refractivity contribution is 6.30. The molecule has 144 valence electrons. The SMILES string of the molecule is Cc1c(C(=O)NCc2ccc(N3CCCC3)cc2)cnn1-c1cccc(Cl)c1. The van der Waals surface area contributed by atoms with Gasteiger partial charge < -0.3 is 10.2 Å². The smallest absolute Gasteiger partial charge is 0.255 e. The van der Waals surface area contributed by atoms with Gasteiger partial charge in [0.05, 0.1) is 23.1 Å². The Kier molecular flexibility index (Phi) is 5.35. The molecule has 0 radical (unpaired) electrons. The summed E-state index contributed by atoms with van der Waals surface area (Å²) in [6.45, 7) is 4.63. The van der Waals surface area contributed by atoms with Crippen LogP contribution in [-0.4, -0.2) is 28.8 Å². The topological polar surface area (TPSA) is 50.2 Å². The largest absolute Gasteiger partial charge is 0.372 e. The van der Waals surface area contributed by atoms with Gasteiger partial charge in [-0.2, -0.15) is 5.10 Å². The van der Waals surface area contributed by atoms with E-state index >= 15 is 0 Å². The third-order valence-corrected chi connectivity index (χ3v) is 5.40. The third-order valence-electron chi connectivity index (χ3n) is 5.17. The zero-order chi connectivity index (χ0) is 19.5. The number of rotatable bonds is 5. The third kappa shape index (κ3) is 3.90. The second-order valence-corrected chi connectivity index (χ2v) is 7.52. The highest BCUT2D eigenvalue weighted by atomic mass is 35.5. The van der Waals surface area contributed by atoms with Gasteiger partial charge >= 0.3 is 0 Å². The lowest BCUT2D eigenvalue weighted by molar-refractivity contribution is 0.0950. The van der Waals surface area contributed by atoms with Gasteiger partial charge in [0.2, 0.25) is 0 Å². The van der Waals surface area contributed by atoms with Crippen LogP contribution in [0.25, 0.3) is 5.69 Å². The van der Waals surface area contributed by atoms with E-state index in [9.17, 15) is 4.79 Å². The van der Waals surface area contributed by atoms with E-state index in [-0.39, 0.29) is 5.91 Å².